The number of aliphatic carboxylic acids is 3. The number of nitrogens with one attached hydrogen (secondary N) is 1. The second-order valence-electron chi connectivity index (χ2n) is 3.74. The van der Waals surface area contributed by atoms with E-state index in [9.17, 15) is 18.9 Å². The van der Waals surface area contributed by atoms with Gasteiger partial charge in [-0.2, -0.15) is 0 Å². The maximum atomic E-state index is 12.0. The Morgan fingerprint density at radius 1 is 1.26 bits per heavy atom. The van der Waals surface area contributed by atoms with E-state index in [-0.39, 0.29) is 6.61 Å². The van der Waals surface area contributed by atoms with Crippen LogP contribution in [0.5, 0.6) is 0 Å². The third kappa shape index (κ3) is 15.3. The molecule has 10 nitrogen and oxygen atoms in total. The summed E-state index contributed by atoms with van der Waals surface area (Å²) in [6, 6.07) is -0.910. The van der Waals surface area contributed by atoms with Gasteiger partial charge in [0, 0.05) is 24.4 Å². The van der Waals surface area contributed by atoms with Crippen LogP contribution in [-0.4, -0.2) is 58.2 Å². The number of hydrogen-bond acceptors (Lipinski definition) is 7. The van der Waals surface area contributed by atoms with E-state index in [1.807, 2.05) is 0 Å². The highest BCUT2D eigenvalue weighted by Crippen LogP contribution is 2.55. The summed E-state index contributed by atoms with van der Waals surface area (Å²) in [5.74, 6) is -3.13. The van der Waals surface area contributed by atoms with Gasteiger partial charge in [-0.3, -0.25) is 9.36 Å². The molecule has 0 aliphatic rings. The Labute approximate surface area is 137 Å². The summed E-state index contributed by atoms with van der Waals surface area (Å²) >= 11 is 1.03. The molecule has 23 heavy (non-hydrogen) atoms. The Morgan fingerprint density at radius 3 is 2.04 bits per heavy atom. The number of nitrogens with two attached hydrogens (primary N) is 1. The van der Waals surface area contributed by atoms with Gasteiger partial charge in [-0.1, -0.05) is 11.4 Å². The Balaban J connectivity index is 0. The molecule has 0 spiro atoms. The maximum Gasteiger partial charge on any atom is 0.328 e. The van der Waals surface area contributed by atoms with E-state index in [2.05, 4.69) is 5.09 Å². The minimum absolute atomic E-state index is 0.258. The van der Waals surface area contributed by atoms with E-state index >= 15 is 0 Å². The third-order valence-electron chi connectivity index (χ3n) is 1.77. The molecule has 0 saturated carbocycles. The molecule has 1 unspecified atom stereocenters. The molecule has 6 N–H and O–H groups in total. The van der Waals surface area contributed by atoms with Crippen LogP contribution in [0.3, 0.4) is 0 Å². The number of carboxylic acids is 3. The minimum atomic E-state index is -3.14. The molecule has 134 valence electrons. The van der Waals surface area contributed by atoms with Crippen molar-refractivity contribution >= 4 is 36.0 Å². The molecule has 0 aromatic heterocycles. The van der Waals surface area contributed by atoms with Gasteiger partial charge in [0.25, 0.3) is 0 Å². The van der Waals surface area contributed by atoms with E-state index in [1.54, 1.807) is 6.92 Å². The first-order valence-corrected chi connectivity index (χ1v) is 9.53. The average Bonchev–Trinajstić information content (AvgIpc) is 2.43. The van der Waals surface area contributed by atoms with Gasteiger partial charge in [0.2, 0.25) is 0 Å². The van der Waals surface area contributed by atoms with E-state index in [4.69, 9.17) is 25.6 Å². The van der Waals surface area contributed by atoms with Crippen molar-refractivity contribution in [2.45, 2.75) is 19.9 Å². The summed E-state index contributed by atoms with van der Waals surface area (Å²) in [6.45, 7) is 0.595. The lowest BCUT2D eigenvalue weighted by Gasteiger charge is -2.19. The molecule has 0 aliphatic carbocycles. The summed E-state index contributed by atoms with van der Waals surface area (Å²) in [7, 11) is 0. The SMILES string of the molecule is CCO[P@@](=O)(NC(C)C(=O)O)SCCN.O=C(O)/C=C/C(=O)O. The molecule has 0 radical (unpaired) electrons. The molecule has 0 aliphatic heterocycles. The van der Waals surface area contributed by atoms with Crippen LogP contribution in [0.25, 0.3) is 0 Å². The van der Waals surface area contributed by atoms with Crippen LogP contribution in [0.2, 0.25) is 0 Å². The number of carbonyl (C=O) groups is 3. The van der Waals surface area contributed by atoms with Crippen molar-refractivity contribution in [2.24, 2.45) is 5.73 Å². The first-order chi connectivity index (χ1) is 10.6. The molecule has 0 heterocycles. The highest BCUT2D eigenvalue weighted by molar-refractivity contribution is 8.56. The van der Waals surface area contributed by atoms with E-state index < -0.39 is 30.7 Å². The summed E-state index contributed by atoms with van der Waals surface area (Å²) in [5, 5.41) is 26.8. The van der Waals surface area contributed by atoms with Gasteiger partial charge >= 0.3 is 24.6 Å². The lowest BCUT2D eigenvalue weighted by molar-refractivity contribution is -0.138. The first kappa shape index (κ1) is 23.9. The molecule has 0 rings (SSSR count). The molecular formula is C11H21N2O8PS. The van der Waals surface area contributed by atoms with Crippen LogP contribution in [0.4, 0.5) is 0 Å². The molecule has 12 heteroatoms. The summed E-state index contributed by atoms with van der Waals surface area (Å²) in [5.41, 5.74) is 5.28. The molecule has 0 saturated heterocycles. The number of hydrogen-bond donors (Lipinski definition) is 5. The highest BCUT2D eigenvalue weighted by Gasteiger charge is 2.27. The van der Waals surface area contributed by atoms with Gasteiger partial charge in [0.05, 0.1) is 6.61 Å². The van der Waals surface area contributed by atoms with Crippen LogP contribution >= 0.6 is 18.1 Å². The summed E-state index contributed by atoms with van der Waals surface area (Å²) < 4.78 is 17.0. The van der Waals surface area contributed by atoms with Crippen molar-refractivity contribution < 1.29 is 38.8 Å². The highest BCUT2D eigenvalue weighted by atomic mass is 32.7. The van der Waals surface area contributed by atoms with Crippen LogP contribution in [0.1, 0.15) is 13.8 Å². The molecule has 0 aromatic rings. The normalized spacial score (nSPS) is 14.4. The van der Waals surface area contributed by atoms with Gasteiger partial charge < -0.3 is 25.6 Å². The third-order valence-corrected chi connectivity index (χ3v) is 6.03. The topological polar surface area (TPSA) is 176 Å². The fourth-order valence-corrected chi connectivity index (χ4v) is 4.66. The monoisotopic (exact) mass is 372 g/mol. The van der Waals surface area contributed by atoms with E-state index in [1.165, 1.54) is 6.92 Å². The zero-order valence-corrected chi connectivity index (χ0v) is 14.4. The Hall–Kier alpha value is -1.39. The lowest BCUT2D eigenvalue weighted by Crippen LogP contribution is -2.31. The summed E-state index contributed by atoms with van der Waals surface area (Å²) in [4.78, 5) is 29.7. The molecule has 0 fully saturated rings. The quantitative estimate of drug-likeness (QED) is 0.268. The van der Waals surface area contributed by atoms with Crippen molar-refractivity contribution in [2.75, 3.05) is 18.9 Å². The van der Waals surface area contributed by atoms with Crippen LogP contribution in [0, 0.1) is 0 Å². The fraction of sp³-hybridized carbons (Fsp3) is 0.545. The molecular weight excluding hydrogens is 351 g/mol. The zero-order valence-electron chi connectivity index (χ0n) is 12.7. The van der Waals surface area contributed by atoms with E-state index in [0.717, 1.165) is 11.4 Å². The largest absolute Gasteiger partial charge is 0.480 e. The number of rotatable bonds is 10. The second-order valence-corrected chi connectivity index (χ2v) is 8.13. The molecule has 0 amide bonds. The maximum absolute atomic E-state index is 12.0. The van der Waals surface area contributed by atoms with Gasteiger partial charge in [0.15, 0.2) is 0 Å². The molecule has 2 atom stereocenters. The summed E-state index contributed by atoms with van der Waals surface area (Å²) in [6.07, 6.45) is 1.12. The number of carboxylic acid groups (broad SMARTS) is 3. The standard InChI is InChI=1S/C7H17N2O4PS.C4H4O4/c1-3-13-14(12,15-5-4-8)9-6(2)7(10)11;5-3(6)1-2-4(7)8/h6H,3-5,8H2,1-2H3,(H,9,12)(H,10,11);1-2H,(H,5,6)(H,7,8)/b;2-1+/t6?,14-;/m0./s1. The van der Waals surface area contributed by atoms with Gasteiger partial charge in [-0.15, -0.1) is 0 Å². The van der Waals surface area contributed by atoms with Crippen molar-refractivity contribution in [3.8, 4) is 0 Å². The van der Waals surface area contributed by atoms with Gasteiger partial charge in [-0.25, -0.2) is 14.7 Å². The lowest BCUT2D eigenvalue weighted by atomic mass is 10.4. The Kier molecular flexibility index (Phi) is 13.6. The molecule has 0 bridgehead atoms. The fourth-order valence-electron chi connectivity index (χ4n) is 0.890. The van der Waals surface area contributed by atoms with Crippen LogP contribution in [0.15, 0.2) is 12.2 Å². The van der Waals surface area contributed by atoms with Crippen molar-refractivity contribution in [1.29, 1.82) is 0 Å². The Morgan fingerprint density at radius 2 is 1.74 bits per heavy atom. The van der Waals surface area contributed by atoms with Crippen molar-refractivity contribution in [3.05, 3.63) is 12.2 Å². The van der Waals surface area contributed by atoms with Crippen LogP contribution in [-0.2, 0) is 23.5 Å². The van der Waals surface area contributed by atoms with Crippen molar-refractivity contribution in [1.82, 2.24) is 5.09 Å². The predicted molar refractivity (Wildman–Crippen MR) is 85.4 cm³/mol. The predicted octanol–water partition coefficient (Wildman–Crippen LogP) is 0.597. The van der Waals surface area contributed by atoms with E-state index in [0.29, 0.717) is 24.4 Å². The zero-order chi connectivity index (χ0) is 18.5. The van der Waals surface area contributed by atoms with Crippen LogP contribution < -0.4 is 10.8 Å². The van der Waals surface area contributed by atoms with Gasteiger partial charge in [0.1, 0.15) is 6.04 Å². The van der Waals surface area contributed by atoms with Gasteiger partial charge in [-0.05, 0) is 13.8 Å². The smallest absolute Gasteiger partial charge is 0.328 e. The first-order valence-electron chi connectivity index (χ1n) is 6.31. The molecule has 0 aromatic carbocycles. The van der Waals surface area contributed by atoms with Crippen molar-refractivity contribution in [3.63, 3.8) is 0 Å². The second kappa shape index (κ2) is 13.1. The average molecular weight is 372 g/mol. The Bertz CT molecular complexity index is 455. The minimum Gasteiger partial charge on any atom is -0.480 e.